The number of nitrogens with zero attached hydrogens (tertiary/aromatic N) is 1. The van der Waals surface area contributed by atoms with Gasteiger partial charge in [0.15, 0.2) is 5.13 Å². The number of carbonyl (C=O) groups excluding carboxylic acids is 1. The molecular formula is C18H22FN3OS. The lowest BCUT2D eigenvalue weighted by molar-refractivity contribution is -0.116. The Kier molecular flexibility index (Phi) is 5.93. The van der Waals surface area contributed by atoms with Gasteiger partial charge in [0.2, 0.25) is 5.91 Å². The molecule has 24 heavy (non-hydrogen) atoms. The van der Waals surface area contributed by atoms with E-state index in [1.807, 2.05) is 0 Å². The Hall–Kier alpha value is -1.79. The highest BCUT2D eigenvalue weighted by Crippen LogP contribution is 2.22. The summed E-state index contributed by atoms with van der Waals surface area (Å²) in [6, 6.07) is 6.45. The molecule has 3 rings (SSSR count). The number of thiazole rings is 1. The minimum absolute atomic E-state index is 0.0308. The summed E-state index contributed by atoms with van der Waals surface area (Å²) in [5, 5.41) is 6.90. The van der Waals surface area contributed by atoms with E-state index in [1.54, 1.807) is 18.3 Å². The van der Waals surface area contributed by atoms with Crippen molar-refractivity contribution >= 4 is 22.4 Å². The number of rotatable bonds is 6. The van der Waals surface area contributed by atoms with Crippen molar-refractivity contribution in [2.24, 2.45) is 5.92 Å². The van der Waals surface area contributed by atoms with Gasteiger partial charge in [0.25, 0.3) is 0 Å². The molecule has 1 aliphatic heterocycles. The number of amides is 1. The molecule has 0 aliphatic carbocycles. The van der Waals surface area contributed by atoms with Crippen molar-refractivity contribution < 1.29 is 9.18 Å². The lowest BCUT2D eigenvalue weighted by Crippen LogP contribution is -2.30. The van der Waals surface area contributed by atoms with Gasteiger partial charge in [-0.2, -0.15) is 0 Å². The van der Waals surface area contributed by atoms with Crippen LogP contribution in [0.5, 0.6) is 0 Å². The first kappa shape index (κ1) is 17.0. The molecule has 6 heteroatoms. The summed E-state index contributed by atoms with van der Waals surface area (Å²) in [5.74, 6) is 0.405. The molecule has 1 aliphatic rings. The molecule has 1 fully saturated rings. The van der Waals surface area contributed by atoms with Crippen molar-refractivity contribution in [1.29, 1.82) is 0 Å². The van der Waals surface area contributed by atoms with Crippen LogP contribution in [0.4, 0.5) is 9.52 Å². The van der Waals surface area contributed by atoms with E-state index >= 15 is 0 Å². The molecule has 1 aromatic carbocycles. The quantitative estimate of drug-likeness (QED) is 0.840. The fourth-order valence-corrected chi connectivity index (χ4v) is 3.80. The van der Waals surface area contributed by atoms with Crippen LogP contribution in [0.3, 0.4) is 0 Å². The normalized spacial score (nSPS) is 17.6. The van der Waals surface area contributed by atoms with Crippen LogP contribution < -0.4 is 10.6 Å². The van der Waals surface area contributed by atoms with Gasteiger partial charge in [-0.05, 0) is 56.0 Å². The smallest absolute Gasteiger partial charge is 0.226 e. The largest absolute Gasteiger partial charge is 0.316 e. The standard InChI is InChI=1S/C18H22FN3OS/c19-15-6-3-13(4-7-15)10-16-12-21-18(24-16)22-17(23)8-5-14-2-1-9-20-11-14/h3-4,6-7,12,14,20H,1-2,5,8-11H2,(H,21,22,23). The van der Waals surface area contributed by atoms with Crippen LogP contribution in [0.15, 0.2) is 30.5 Å². The number of halogens is 1. The van der Waals surface area contributed by atoms with Crippen LogP contribution in [0.2, 0.25) is 0 Å². The average Bonchev–Trinajstić information content (AvgIpc) is 3.03. The third-order valence-corrected chi connectivity index (χ3v) is 5.18. The minimum atomic E-state index is -0.232. The van der Waals surface area contributed by atoms with E-state index in [9.17, 15) is 9.18 Å². The van der Waals surface area contributed by atoms with E-state index in [0.717, 1.165) is 30.0 Å². The number of piperidine rings is 1. The zero-order chi connectivity index (χ0) is 16.8. The first-order valence-corrected chi connectivity index (χ1v) is 9.20. The molecule has 1 atom stereocenters. The number of benzene rings is 1. The van der Waals surface area contributed by atoms with Gasteiger partial charge in [-0.3, -0.25) is 4.79 Å². The van der Waals surface area contributed by atoms with Crippen molar-refractivity contribution in [3.63, 3.8) is 0 Å². The summed E-state index contributed by atoms with van der Waals surface area (Å²) >= 11 is 1.47. The Morgan fingerprint density at radius 2 is 2.21 bits per heavy atom. The third kappa shape index (κ3) is 5.11. The Balaban J connectivity index is 1.46. The number of anilines is 1. The van der Waals surface area contributed by atoms with Crippen LogP contribution in [0, 0.1) is 11.7 Å². The summed E-state index contributed by atoms with van der Waals surface area (Å²) in [5.41, 5.74) is 1.03. The number of nitrogens with one attached hydrogen (secondary N) is 2. The van der Waals surface area contributed by atoms with Gasteiger partial charge in [-0.25, -0.2) is 9.37 Å². The van der Waals surface area contributed by atoms with E-state index in [2.05, 4.69) is 15.6 Å². The van der Waals surface area contributed by atoms with Gasteiger partial charge in [0, 0.05) is 23.9 Å². The van der Waals surface area contributed by atoms with Crippen LogP contribution in [0.25, 0.3) is 0 Å². The fraction of sp³-hybridized carbons (Fsp3) is 0.444. The van der Waals surface area contributed by atoms with Crippen molar-refractivity contribution in [1.82, 2.24) is 10.3 Å². The van der Waals surface area contributed by atoms with Crippen LogP contribution in [-0.2, 0) is 11.2 Å². The molecule has 1 amide bonds. The maximum Gasteiger partial charge on any atom is 0.226 e. The fourth-order valence-electron chi connectivity index (χ4n) is 2.94. The molecule has 128 valence electrons. The molecule has 1 aromatic heterocycles. The number of hydrogen-bond donors (Lipinski definition) is 2. The maximum absolute atomic E-state index is 12.9. The predicted octanol–water partition coefficient (Wildman–Crippen LogP) is 3.59. The highest BCUT2D eigenvalue weighted by Gasteiger charge is 2.15. The van der Waals surface area contributed by atoms with E-state index in [4.69, 9.17) is 0 Å². The predicted molar refractivity (Wildman–Crippen MR) is 94.8 cm³/mol. The number of aromatic nitrogens is 1. The number of hydrogen-bond acceptors (Lipinski definition) is 4. The van der Waals surface area contributed by atoms with Gasteiger partial charge in [0.05, 0.1) is 0 Å². The molecule has 1 saturated heterocycles. The molecule has 1 unspecified atom stereocenters. The van der Waals surface area contributed by atoms with Gasteiger partial charge < -0.3 is 10.6 Å². The lowest BCUT2D eigenvalue weighted by Gasteiger charge is -2.22. The summed E-state index contributed by atoms with van der Waals surface area (Å²) in [4.78, 5) is 17.4. The van der Waals surface area contributed by atoms with Crippen molar-refractivity contribution in [3.05, 3.63) is 46.7 Å². The second kappa shape index (κ2) is 8.35. The van der Waals surface area contributed by atoms with Crippen molar-refractivity contribution in [3.8, 4) is 0 Å². The molecule has 2 N–H and O–H groups in total. The van der Waals surface area contributed by atoms with E-state index < -0.39 is 0 Å². The van der Waals surface area contributed by atoms with Crippen LogP contribution >= 0.6 is 11.3 Å². The molecule has 4 nitrogen and oxygen atoms in total. The molecular weight excluding hydrogens is 325 g/mol. The molecule has 2 heterocycles. The molecule has 2 aromatic rings. The molecule has 0 bridgehead atoms. The summed E-state index contributed by atoms with van der Waals surface area (Å²) in [7, 11) is 0. The van der Waals surface area contributed by atoms with Crippen LogP contribution in [0.1, 0.15) is 36.1 Å². The third-order valence-electron chi connectivity index (χ3n) is 4.27. The zero-order valence-corrected chi connectivity index (χ0v) is 14.4. The first-order chi connectivity index (χ1) is 11.7. The van der Waals surface area contributed by atoms with E-state index in [-0.39, 0.29) is 11.7 Å². The lowest BCUT2D eigenvalue weighted by atomic mass is 9.94. The minimum Gasteiger partial charge on any atom is -0.316 e. The highest BCUT2D eigenvalue weighted by molar-refractivity contribution is 7.15. The monoisotopic (exact) mass is 347 g/mol. The molecule has 0 radical (unpaired) electrons. The Morgan fingerprint density at radius 3 is 2.96 bits per heavy atom. The second-order valence-electron chi connectivity index (χ2n) is 6.23. The van der Waals surface area contributed by atoms with Gasteiger partial charge in [-0.1, -0.05) is 12.1 Å². The second-order valence-corrected chi connectivity index (χ2v) is 7.35. The Labute approximate surface area is 145 Å². The number of carbonyl (C=O) groups is 1. The first-order valence-electron chi connectivity index (χ1n) is 8.39. The van der Waals surface area contributed by atoms with Gasteiger partial charge >= 0.3 is 0 Å². The maximum atomic E-state index is 12.9. The summed E-state index contributed by atoms with van der Waals surface area (Å²) in [6.45, 7) is 2.12. The SMILES string of the molecule is O=C(CCC1CCCNC1)Nc1ncc(Cc2ccc(F)cc2)s1. The Bertz CT molecular complexity index is 665. The topological polar surface area (TPSA) is 54.0 Å². The van der Waals surface area contributed by atoms with Crippen molar-refractivity contribution in [2.45, 2.75) is 32.1 Å². The van der Waals surface area contributed by atoms with Gasteiger partial charge in [-0.15, -0.1) is 11.3 Å². The highest BCUT2D eigenvalue weighted by atomic mass is 32.1. The van der Waals surface area contributed by atoms with Crippen molar-refractivity contribution in [2.75, 3.05) is 18.4 Å². The average molecular weight is 347 g/mol. The summed E-state index contributed by atoms with van der Waals surface area (Å²) < 4.78 is 12.9. The molecule has 0 spiro atoms. The summed E-state index contributed by atoms with van der Waals surface area (Å²) in [6.07, 6.45) is 6.34. The molecule has 0 saturated carbocycles. The zero-order valence-electron chi connectivity index (χ0n) is 13.6. The Morgan fingerprint density at radius 1 is 1.38 bits per heavy atom. The van der Waals surface area contributed by atoms with E-state index in [0.29, 0.717) is 23.9 Å². The van der Waals surface area contributed by atoms with Crippen LogP contribution in [-0.4, -0.2) is 24.0 Å². The van der Waals surface area contributed by atoms with E-state index in [1.165, 1.54) is 36.3 Å². The van der Waals surface area contributed by atoms with Gasteiger partial charge in [0.1, 0.15) is 5.82 Å².